The molecule has 0 spiro atoms. The smallest absolute Gasteiger partial charge is 0.311 e. The van der Waals surface area contributed by atoms with E-state index < -0.39 is 11.9 Å². The van der Waals surface area contributed by atoms with Gasteiger partial charge in [-0.2, -0.15) is 0 Å². The van der Waals surface area contributed by atoms with Crippen molar-refractivity contribution >= 4 is 23.5 Å². The quantitative estimate of drug-likeness (QED) is 0.723. The molecule has 1 saturated heterocycles. The lowest BCUT2D eigenvalue weighted by atomic mass is 10.1. The fourth-order valence-electron chi connectivity index (χ4n) is 3.15. The van der Waals surface area contributed by atoms with Crippen molar-refractivity contribution in [3.63, 3.8) is 0 Å². The highest BCUT2D eigenvalue weighted by Crippen LogP contribution is 2.26. The first-order valence-electron chi connectivity index (χ1n) is 9.25. The van der Waals surface area contributed by atoms with Crippen LogP contribution in [0.15, 0.2) is 54.6 Å². The molecule has 1 heterocycles. The van der Waals surface area contributed by atoms with Crippen LogP contribution in [0.3, 0.4) is 0 Å². The second-order valence-electron chi connectivity index (χ2n) is 7.08. The lowest BCUT2D eigenvalue weighted by Crippen LogP contribution is -2.32. The molecule has 28 heavy (non-hydrogen) atoms. The number of nitrogens with zero attached hydrogens (tertiary/aromatic N) is 2. The van der Waals surface area contributed by atoms with Gasteiger partial charge in [0.15, 0.2) is 6.61 Å². The van der Waals surface area contributed by atoms with Crippen LogP contribution in [0.1, 0.15) is 17.5 Å². The minimum atomic E-state index is -0.555. The van der Waals surface area contributed by atoms with Crippen LogP contribution in [0.4, 0.5) is 5.69 Å². The van der Waals surface area contributed by atoms with E-state index in [-0.39, 0.29) is 31.4 Å². The Morgan fingerprint density at radius 3 is 2.46 bits per heavy atom. The highest BCUT2D eigenvalue weighted by molar-refractivity contribution is 5.99. The highest BCUT2D eigenvalue weighted by Gasteiger charge is 2.36. The summed E-state index contributed by atoms with van der Waals surface area (Å²) in [5, 5.41) is 0. The van der Waals surface area contributed by atoms with Gasteiger partial charge in [-0.25, -0.2) is 0 Å². The number of carbonyl (C=O) groups is 3. The Morgan fingerprint density at radius 2 is 1.79 bits per heavy atom. The minimum Gasteiger partial charge on any atom is -0.455 e. The van der Waals surface area contributed by atoms with E-state index in [1.54, 1.807) is 11.9 Å². The Labute approximate surface area is 164 Å². The summed E-state index contributed by atoms with van der Waals surface area (Å²) >= 11 is 0. The molecular weight excluding hydrogens is 356 g/mol. The molecule has 6 heteroatoms. The topological polar surface area (TPSA) is 66.9 Å². The van der Waals surface area contributed by atoms with Crippen molar-refractivity contribution in [1.82, 2.24) is 4.90 Å². The second-order valence-corrected chi connectivity index (χ2v) is 7.08. The average Bonchev–Trinajstić information content (AvgIpc) is 3.09. The third-order valence-corrected chi connectivity index (χ3v) is 4.83. The SMILES string of the molecule is Cc1ccc(N2C[C@@H](C(=O)OCC(=O)N(C)Cc3ccccc3)CC2=O)cc1. The first kappa shape index (κ1) is 19.6. The number of esters is 1. The predicted octanol–water partition coefficient (Wildman–Crippen LogP) is 2.55. The van der Waals surface area contributed by atoms with Crippen LogP contribution in [0.5, 0.6) is 0 Å². The number of amides is 2. The van der Waals surface area contributed by atoms with Gasteiger partial charge in [0.05, 0.1) is 5.92 Å². The Morgan fingerprint density at radius 1 is 1.11 bits per heavy atom. The van der Waals surface area contributed by atoms with Gasteiger partial charge in [0, 0.05) is 32.2 Å². The molecule has 1 fully saturated rings. The standard InChI is InChI=1S/C22H24N2O4/c1-16-8-10-19(11-9-16)24-14-18(12-20(24)25)22(27)28-15-21(26)23(2)13-17-6-4-3-5-7-17/h3-11,18H,12-15H2,1-2H3/t18-/m0/s1. The summed E-state index contributed by atoms with van der Waals surface area (Å²) in [6.45, 7) is 2.37. The van der Waals surface area contributed by atoms with Crippen LogP contribution >= 0.6 is 0 Å². The maximum Gasteiger partial charge on any atom is 0.311 e. The van der Waals surface area contributed by atoms with E-state index in [1.807, 2.05) is 61.5 Å². The summed E-state index contributed by atoms with van der Waals surface area (Å²) in [7, 11) is 1.67. The number of ether oxygens (including phenoxy) is 1. The van der Waals surface area contributed by atoms with Gasteiger partial charge in [-0.3, -0.25) is 14.4 Å². The minimum absolute atomic E-state index is 0.0980. The maximum absolute atomic E-state index is 12.3. The fraction of sp³-hybridized carbons (Fsp3) is 0.318. The Bertz CT molecular complexity index is 849. The van der Waals surface area contributed by atoms with E-state index in [0.717, 1.165) is 16.8 Å². The normalized spacial score (nSPS) is 16.1. The number of benzene rings is 2. The van der Waals surface area contributed by atoms with Crippen molar-refractivity contribution in [3.05, 3.63) is 65.7 Å². The molecule has 0 unspecified atom stereocenters. The molecule has 3 rings (SSSR count). The monoisotopic (exact) mass is 380 g/mol. The molecule has 0 bridgehead atoms. The van der Waals surface area contributed by atoms with Crippen LogP contribution in [0, 0.1) is 12.8 Å². The number of anilines is 1. The molecule has 6 nitrogen and oxygen atoms in total. The van der Waals surface area contributed by atoms with Crippen molar-refractivity contribution in [3.8, 4) is 0 Å². The van der Waals surface area contributed by atoms with Crippen LogP contribution in [-0.2, 0) is 25.7 Å². The van der Waals surface area contributed by atoms with Crippen molar-refractivity contribution in [2.24, 2.45) is 5.92 Å². The lowest BCUT2D eigenvalue weighted by Gasteiger charge is -2.18. The van der Waals surface area contributed by atoms with E-state index >= 15 is 0 Å². The fourth-order valence-corrected chi connectivity index (χ4v) is 3.15. The summed E-state index contributed by atoms with van der Waals surface area (Å²) < 4.78 is 5.19. The summed E-state index contributed by atoms with van der Waals surface area (Å²) in [5.41, 5.74) is 2.87. The molecule has 1 aliphatic heterocycles. The third kappa shape index (κ3) is 4.76. The molecule has 1 aliphatic rings. The van der Waals surface area contributed by atoms with Gasteiger partial charge in [0.1, 0.15) is 0 Å². The molecule has 0 aliphatic carbocycles. The first-order chi connectivity index (χ1) is 13.4. The van der Waals surface area contributed by atoms with Crippen molar-refractivity contribution < 1.29 is 19.1 Å². The average molecular weight is 380 g/mol. The van der Waals surface area contributed by atoms with Crippen molar-refractivity contribution in [2.75, 3.05) is 25.1 Å². The molecule has 146 valence electrons. The van der Waals surface area contributed by atoms with E-state index in [1.165, 1.54) is 4.90 Å². The molecule has 2 amide bonds. The summed E-state index contributed by atoms with van der Waals surface area (Å²) in [5.74, 6) is -1.46. The van der Waals surface area contributed by atoms with Crippen molar-refractivity contribution in [1.29, 1.82) is 0 Å². The predicted molar refractivity (Wildman–Crippen MR) is 106 cm³/mol. The lowest BCUT2D eigenvalue weighted by molar-refractivity contribution is -0.155. The van der Waals surface area contributed by atoms with Gasteiger partial charge < -0.3 is 14.5 Å². The molecule has 2 aromatic carbocycles. The molecule has 0 saturated carbocycles. The zero-order chi connectivity index (χ0) is 20.1. The Hall–Kier alpha value is -3.15. The number of likely N-dealkylation sites (N-methyl/N-ethyl adjacent to an activating group) is 1. The van der Waals surface area contributed by atoms with Gasteiger partial charge >= 0.3 is 5.97 Å². The van der Waals surface area contributed by atoms with Crippen LogP contribution in [0.25, 0.3) is 0 Å². The zero-order valence-corrected chi connectivity index (χ0v) is 16.1. The van der Waals surface area contributed by atoms with Gasteiger partial charge in [-0.1, -0.05) is 48.0 Å². The van der Waals surface area contributed by atoms with Crippen LogP contribution in [-0.4, -0.2) is 42.9 Å². The van der Waals surface area contributed by atoms with E-state index in [0.29, 0.717) is 6.54 Å². The third-order valence-electron chi connectivity index (χ3n) is 4.83. The van der Waals surface area contributed by atoms with E-state index in [4.69, 9.17) is 4.74 Å². The van der Waals surface area contributed by atoms with Gasteiger partial charge in [-0.05, 0) is 24.6 Å². The molecule has 0 radical (unpaired) electrons. The van der Waals surface area contributed by atoms with Gasteiger partial charge in [0.2, 0.25) is 5.91 Å². The van der Waals surface area contributed by atoms with E-state index in [2.05, 4.69) is 0 Å². The molecular formula is C22H24N2O4. The number of hydrogen-bond donors (Lipinski definition) is 0. The van der Waals surface area contributed by atoms with Gasteiger partial charge in [0.25, 0.3) is 5.91 Å². The Balaban J connectivity index is 1.50. The molecule has 0 aromatic heterocycles. The van der Waals surface area contributed by atoms with Crippen LogP contribution < -0.4 is 4.90 Å². The van der Waals surface area contributed by atoms with Crippen LogP contribution in [0.2, 0.25) is 0 Å². The number of rotatable bonds is 6. The summed E-state index contributed by atoms with van der Waals surface area (Å²) in [6.07, 6.45) is 0.0980. The first-order valence-corrected chi connectivity index (χ1v) is 9.25. The largest absolute Gasteiger partial charge is 0.455 e. The number of carbonyl (C=O) groups excluding carboxylic acids is 3. The second kappa shape index (κ2) is 8.69. The van der Waals surface area contributed by atoms with E-state index in [9.17, 15) is 14.4 Å². The Kier molecular flexibility index (Phi) is 6.09. The highest BCUT2D eigenvalue weighted by atomic mass is 16.5. The zero-order valence-electron chi connectivity index (χ0n) is 16.1. The molecule has 2 aromatic rings. The molecule has 0 N–H and O–H groups in total. The number of hydrogen-bond acceptors (Lipinski definition) is 4. The summed E-state index contributed by atoms with van der Waals surface area (Å²) in [4.78, 5) is 39.9. The summed E-state index contributed by atoms with van der Waals surface area (Å²) in [6, 6.07) is 17.2. The number of aryl methyl sites for hydroxylation is 1. The van der Waals surface area contributed by atoms with Gasteiger partial charge in [-0.15, -0.1) is 0 Å². The maximum atomic E-state index is 12.3. The van der Waals surface area contributed by atoms with Crippen molar-refractivity contribution in [2.45, 2.75) is 19.9 Å². The molecule has 1 atom stereocenters.